The third-order valence-corrected chi connectivity index (χ3v) is 5.93. The maximum atomic E-state index is 12.6. The fourth-order valence-corrected chi connectivity index (χ4v) is 3.75. The molecule has 156 valence electrons. The molecular weight excluding hydrogens is 567 g/mol. The van der Waals surface area contributed by atoms with Crippen LogP contribution >= 0.6 is 38.5 Å². The highest BCUT2D eigenvalue weighted by Gasteiger charge is 2.14. The van der Waals surface area contributed by atoms with Crippen LogP contribution in [0.5, 0.6) is 5.75 Å². The molecule has 0 aliphatic rings. The molecule has 0 aromatic heterocycles. The van der Waals surface area contributed by atoms with Crippen LogP contribution in [-0.2, 0) is 11.4 Å². The molecule has 0 unspecified atom stereocenters. The Morgan fingerprint density at radius 2 is 1.87 bits per heavy atom. The number of halogens is 2. The Bertz CT molecular complexity index is 1120. The van der Waals surface area contributed by atoms with Crippen LogP contribution in [0.3, 0.4) is 0 Å². The highest BCUT2D eigenvalue weighted by molar-refractivity contribution is 14.1. The van der Waals surface area contributed by atoms with E-state index in [0.717, 1.165) is 21.2 Å². The van der Waals surface area contributed by atoms with Crippen LogP contribution in [0.2, 0.25) is 0 Å². The average Bonchev–Trinajstić information content (AvgIpc) is 2.78. The predicted octanol–water partition coefficient (Wildman–Crippen LogP) is 6.42. The minimum Gasteiger partial charge on any atom is -0.488 e. The van der Waals surface area contributed by atoms with E-state index in [2.05, 4.69) is 43.8 Å². The van der Waals surface area contributed by atoms with E-state index >= 15 is 0 Å². The normalized spacial score (nSPS) is 12.0. The second-order valence-corrected chi connectivity index (χ2v) is 8.98. The number of ether oxygens (including phenoxy) is 1. The number of nitrogens with zero attached hydrogens (tertiary/aromatic N) is 1. The van der Waals surface area contributed by atoms with Crippen LogP contribution < -0.4 is 10.1 Å². The molecule has 6 heteroatoms. The zero-order chi connectivity index (χ0) is 22.2. The van der Waals surface area contributed by atoms with E-state index in [4.69, 9.17) is 4.74 Å². The molecule has 0 fully saturated rings. The third kappa shape index (κ3) is 6.68. The summed E-state index contributed by atoms with van der Waals surface area (Å²) in [5.74, 6) is 0.283. The lowest BCUT2D eigenvalue weighted by Crippen LogP contribution is -2.27. The van der Waals surface area contributed by atoms with Gasteiger partial charge < -0.3 is 10.1 Å². The highest BCUT2D eigenvalue weighted by Crippen LogP contribution is 2.28. The molecule has 0 radical (unpaired) electrons. The number of hydrogen-bond donors (Lipinski definition) is 1. The molecule has 0 saturated heterocycles. The summed E-state index contributed by atoms with van der Waals surface area (Å²) in [4.78, 5) is 12.6. The summed E-state index contributed by atoms with van der Waals surface area (Å²) < 4.78 is 7.81. The van der Waals surface area contributed by atoms with Crippen molar-refractivity contribution in [1.82, 2.24) is 5.32 Å². The third-order valence-electron chi connectivity index (χ3n) is 4.59. The van der Waals surface area contributed by atoms with Gasteiger partial charge in [0.1, 0.15) is 24.0 Å². The molecule has 31 heavy (non-hydrogen) atoms. The lowest BCUT2D eigenvalue weighted by molar-refractivity contribution is -0.117. The molecule has 1 atom stereocenters. The monoisotopic (exact) mass is 586 g/mol. The first-order valence-corrected chi connectivity index (χ1v) is 11.5. The molecule has 1 N–H and O–H groups in total. The van der Waals surface area contributed by atoms with Crippen molar-refractivity contribution in [2.24, 2.45) is 0 Å². The van der Waals surface area contributed by atoms with E-state index in [1.54, 1.807) is 6.08 Å². The van der Waals surface area contributed by atoms with E-state index in [-0.39, 0.29) is 11.6 Å². The van der Waals surface area contributed by atoms with Gasteiger partial charge in [-0.05, 0) is 92.5 Å². The number of carbonyl (C=O) groups excluding carboxylic acids is 1. The zero-order valence-electron chi connectivity index (χ0n) is 16.8. The number of rotatable bonds is 7. The Morgan fingerprint density at radius 1 is 1.16 bits per heavy atom. The minimum atomic E-state index is -0.408. The molecule has 3 aromatic carbocycles. The van der Waals surface area contributed by atoms with Crippen molar-refractivity contribution in [3.8, 4) is 11.8 Å². The fourth-order valence-electron chi connectivity index (χ4n) is 2.88. The van der Waals surface area contributed by atoms with Gasteiger partial charge in [0.25, 0.3) is 5.91 Å². The number of benzene rings is 3. The Labute approximate surface area is 204 Å². The summed E-state index contributed by atoms with van der Waals surface area (Å²) in [6, 6.07) is 25.0. The minimum absolute atomic E-state index is 0.0437. The van der Waals surface area contributed by atoms with Gasteiger partial charge in [0.05, 0.1) is 10.5 Å². The van der Waals surface area contributed by atoms with Gasteiger partial charge in [0, 0.05) is 3.57 Å². The van der Waals surface area contributed by atoms with Crippen molar-refractivity contribution >= 4 is 50.5 Å². The van der Waals surface area contributed by atoms with Gasteiger partial charge in [-0.2, -0.15) is 5.26 Å². The van der Waals surface area contributed by atoms with Crippen molar-refractivity contribution in [3.05, 3.63) is 103 Å². The molecule has 3 aromatic rings. The van der Waals surface area contributed by atoms with Gasteiger partial charge in [-0.15, -0.1) is 0 Å². The van der Waals surface area contributed by atoms with Crippen LogP contribution in [-0.4, -0.2) is 5.91 Å². The largest absolute Gasteiger partial charge is 0.488 e. The summed E-state index contributed by atoms with van der Waals surface area (Å²) in [6.07, 6.45) is 1.57. The SMILES string of the molecule is C[C@@H](NC(=O)/C(C#N)=C\c1ccc(OCc2ccc(I)cc2)c(Br)c1)c1ccccc1. The molecule has 0 saturated carbocycles. The van der Waals surface area contributed by atoms with E-state index < -0.39 is 5.91 Å². The molecule has 0 aliphatic carbocycles. The second kappa shape index (κ2) is 11.1. The van der Waals surface area contributed by atoms with Crippen molar-refractivity contribution in [2.45, 2.75) is 19.6 Å². The molecule has 0 spiro atoms. The van der Waals surface area contributed by atoms with Crippen molar-refractivity contribution in [3.63, 3.8) is 0 Å². The molecule has 1 amide bonds. The highest BCUT2D eigenvalue weighted by atomic mass is 127. The molecule has 0 bridgehead atoms. The molecule has 4 nitrogen and oxygen atoms in total. The maximum Gasteiger partial charge on any atom is 0.262 e. The average molecular weight is 587 g/mol. The molecule has 0 aliphatic heterocycles. The van der Waals surface area contributed by atoms with Gasteiger partial charge in [0.2, 0.25) is 0 Å². The molecule has 3 rings (SSSR count). The van der Waals surface area contributed by atoms with Crippen LogP contribution in [0.15, 0.2) is 82.8 Å². The molecule has 0 heterocycles. The number of nitrogens with one attached hydrogen (secondary N) is 1. The molecular formula is C25H20BrIN2O2. The maximum absolute atomic E-state index is 12.6. The van der Waals surface area contributed by atoms with Gasteiger partial charge in [0.15, 0.2) is 0 Å². The topological polar surface area (TPSA) is 62.1 Å². The smallest absolute Gasteiger partial charge is 0.262 e. The summed E-state index contributed by atoms with van der Waals surface area (Å²) in [6.45, 7) is 2.34. The summed E-state index contributed by atoms with van der Waals surface area (Å²) >= 11 is 5.78. The Kier molecular flexibility index (Phi) is 8.27. The lowest BCUT2D eigenvalue weighted by atomic mass is 10.1. The van der Waals surface area contributed by atoms with Crippen LogP contribution in [0.1, 0.15) is 29.7 Å². The quantitative estimate of drug-likeness (QED) is 0.197. The van der Waals surface area contributed by atoms with Crippen molar-refractivity contribution < 1.29 is 9.53 Å². The summed E-state index contributed by atoms with van der Waals surface area (Å²) in [5.41, 5.74) is 2.83. The van der Waals surface area contributed by atoms with Crippen molar-refractivity contribution in [2.75, 3.05) is 0 Å². The summed E-state index contributed by atoms with van der Waals surface area (Å²) in [7, 11) is 0. The fraction of sp³-hybridized carbons (Fsp3) is 0.120. The van der Waals surface area contributed by atoms with Crippen molar-refractivity contribution in [1.29, 1.82) is 5.26 Å². The van der Waals surface area contributed by atoms with E-state index in [9.17, 15) is 10.1 Å². The number of nitriles is 1. The first-order chi connectivity index (χ1) is 15.0. The lowest BCUT2D eigenvalue weighted by Gasteiger charge is -2.14. The number of hydrogen-bond acceptors (Lipinski definition) is 3. The Morgan fingerprint density at radius 3 is 2.52 bits per heavy atom. The first-order valence-electron chi connectivity index (χ1n) is 9.60. The van der Waals surface area contributed by atoms with Gasteiger partial charge >= 0.3 is 0 Å². The van der Waals surface area contributed by atoms with Crippen LogP contribution in [0, 0.1) is 14.9 Å². The number of carbonyl (C=O) groups is 1. The number of amides is 1. The van der Waals surface area contributed by atoms with Crippen LogP contribution in [0.4, 0.5) is 0 Å². The Balaban J connectivity index is 1.67. The van der Waals surface area contributed by atoms with Gasteiger partial charge in [-0.1, -0.05) is 48.5 Å². The Hall–Kier alpha value is -2.63. The first kappa shape index (κ1) is 23.0. The van der Waals surface area contributed by atoms with Gasteiger partial charge in [-0.3, -0.25) is 4.79 Å². The predicted molar refractivity (Wildman–Crippen MR) is 134 cm³/mol. The zero-order valence-corrected chi connectivity index (χ0v) is 20.6. The summed E-state index contributed by atoms with van der Waals surface area (Å²) in [5, 5.41) is 12.3. The van der Waals surface area contributed by atoms with Gasteiger partial charge in [-0.25, -0.2) is 0 Å². The van der Waals surface area contributed by atoms with E-state index in [1.807, 2.05) is 85.8 Å². The van der Waals surface area contributed by atoms with Crippen LogP contribution in [0.25, 0.3) is 6.08 Å². The van der Waals surface area contributed by atoms with E-state index in [1.165, 1.54) is 3.57 Å². The standard InChI is InChI=1S/C25H20BrIN2O2/c1-17(20-5-3-2-4-6-20)29-25(30)21(15-28)13-19-9-12-24(23(26)14-19)31-16-18-7-10-22(27)11-8-18/h2-14,17H,16H2,1H3,(H,29,30)/b21-13-/t17-/m1/s1. The second-order valence-electron chi connectivity index (χ2n) is 6.88. The van der Waals surface area contributed by atoms with E-state index in [0.29, 0.717) is 12.4 Å².